The van der Waals surface area contributed by atoms with Crippen molar-refractivity contribution in [2.24, 2.45) is 0 Å². The van der Waals surface area contributed by atoms with Crippen molar-refractivity contribution in [1.82, 2.24) is 0 Å². The molecular weight excluding hydrogens is 419 g/mol. The van der Waals surface area contributed by atoms with Crippen LogP contribution in [0.1, 0.15) is 11.1 Å². The van der Waals surface area contributed by atoms with Gasteiger partial charge >= 0.3 is 0 Å². The lowest BCUT2D eigenvalue weighted by Gasteiger charge is -2.29. The zero-order valence-corrected chi connectivity index (χ0v) is 18.1. The lowest BCUT2D eigenvalue weighted by molar-refractivity contribution is 0.122. The molecule has 0 saturated carbocycles. The molecule has 1 saturated heterocycles. The Morgan fingerprint density at radius 3 is 2.50 bits per heavy atom. The fourth-order valence-corrected chi connectivity index (χ4v) is 3.93. The maximum Gasteiger partial charge on any atom is 0.124 e. The molecule has 0 bridgehead atoms. The molecule has 3 aromatic rings. The minimum absolute atomic E-state index is 0.509. The van der Waals surface area contributed by atoms with Gasteiger partial charge in [0.25, 0.3) is 0 Å². The van der Waals surface area contributed by atoms with Crippen LogP contribution in [0.25, 0.3) is 0 Å². The average Bonchev–Trinajstić information content (AvgIpc) is 2.78. The number of nitrogens with zero attached hydrogens (tertiary/aromatic N) is 1. The van der Waals surface area contributed by atoms with Crippen molar-refractivity contribution in [2.45, 2.75) is 13.2 Å². The second-order valence-corrected chi connectivity index (χ2v) is 7.99. The van der Waals surface area contributed by atoms with Gasteiger partial charge in [-0.25, -0.2) is 0 Å². The molecule has 0 atom stereocenters. The highest BCUT2D eigenvalue weighted by atomic mass is 35.5. The van der Waals surface area contributed by atoms with Crippen LogP contribution in [-0.2, 0) is 17.9 Å². The van der Waals surface area contributed by atoms with Crippen LogP contribution in [0.2, 0.25) is 10.0 Å². The molecule has 0 spiro atoms. The Balaban J connectivity index is 1.42. The van der Waals surface area contributed by atoms with E-state index in [1.54, 1.807) is 0 Å². The summed E-state index contributed by atoms with van der Waals surface area (Å²) in [5.41, 5.74) is 4.11. The Bertz CT molecular complexity index is 976. The normalized spacial score (nSPS) is 13.9. The van der Waals surface area contributed by atoms with Crippen LogP contribution in [0.5, 0.6) is 5.75 Å². The van der Waals surface area contributed by atoms with Gasteiger partial charge in [-0.2, -0.15) is 0 Å². The minimum Gasteiger partial charge on any atom is -0.489 e. The van der Waals surface area contributed by atoms with E-state index in [1.807, 2.05) is 60.7 Å². The fraction of sp³-hybridized carbons (Fsp3) is 0.250. The van der Waals surface area contributed by atoms with Crippen molar-refractivity contribution in [3.8, 4) is 5.75 Å². The van der Waals surface area contributed by atoms with Crippen LogP contribution >= 0.6 is 23.2 Å². The number of anilines is 2. The molecule has 0 aromatic heterocycles. The Morgan fingerprint density at radius 1 is 0.933 bits per heavy atom. The van der Waals surface area contributed by atoms with Crippen molar-refractivity contribution in [2.75, 3.05) is 36.5 Å². The molecule has 0 aliphatic carbocycles. The minimum atomic E-state index is 0.509. The van der Waals surface area contributed by atoms with Crippen molar-refractivity contribution in [3.63, 3.8) is 0 Å². The Morgan fingerprint density at radius 2 is 1.73 bits per heavy atom. The highest BCUT2D eigenvalue weighted by molar-refractivity contribution is 6.33. The van der Waals surface area contributed by atoms with Gasteiger partial charge in [0.2, 0.25) is 0 Å². The number of hydrogen-bond donors (Lipinski definition) is 1. The predicted octanol–water partition coefficient (Wildman–Crippen LogP) is 6.02. The SMILES string of the molecule is Clc1ccc(OCc2ccccc2)c(CNc2ccc(N3CCOCC3)c(Cl)c2)c1. The summed E-state index contributed by atoms with van der Waals surface area (Å²) in [4.78, 5) is 2.25. The number of nitrogens with one attached hydrogen (secondary N) is 1. The first-order valence-corrected chi connectivity index (χ1v) is 10.8. The fourth-order valence-electron chi connectivity index (χ4n) is 3.44. The van der Waals surface area contributed by atoms with Gasteiger partial charge in [-0.15, -0.1) is 0 Å². The summed E-state index contributed by atoms with van der Waals surface area (Å²) in [6.07, 6.45) is 0. The number of rotatable bonds is 7. The average molecular weight is 443 g/mol. The second-order valence-electron chi connectivity index (χ2n) is 7.15. The number of benzene rings is 3. The third-order valence-electron chi connectivity index (χ3n) is 5.04. The molecule has 0 radical (unpaired) electrons. The molecule has 1 heterocycles. The molecule has 3 aromatic carbocycles. The maximum atomic E-state index is 6.55. The lowest BCUT2D eigenvalue weighted by Crippen LogP contribution is -2.36. The predicted molar refractivity (Wildman–Crippen MR) is 124 cm³/mol. The van der Waals surface area contributed by atoms with E-state index < -0.39 is 0 Å². The standard InChI is InChI=1S/C24H24Cl2N2O2/c25-20-6-9-24(30-17-18-4-2-1-3-5-18)19(14-20)16-27-21-7-8-23(22(26)15-21)28-10-12-29-13-11-28/h1-9,14-15,27H,10-13,16-17H2. The molecule has 1 fully saturated rings. The lowest BCUT2D eigenvalue weighted by atomic mass is 10.2. The molecule has 156 valence electrons. The van der Waals surface area contributed by atoms with Crippen molar-refractivity contribution in [1.29, 1.82) is 0 Å². The van der Waals surface area contributed by atoms with E-state index in [1.165, 1.54) is 0 Å². The Hall–Kier alpha value is -2.40. The van der Waals surface area contributed by atoms with E-state index in [2.05, 4.69) is 16.3 Å². The van der Waals surface area contributed by atoms with Crippen molar-refractivity contribution >= 4 is 34.6 Å². The van der Waals surface area contributed by atoms with E-state index in [4.69, 9.17) is 32.7 Å². The number of morpholine rings is 1. The number of halogens is 2. The van der Waals surface area contributed by atoms with E-state index in [0.29, 0.717) is 18.2 Å². The molecule has 6 heteroatoms. The van der Waals surface area contributed by atoms with Crippen molar-refractivity contribution in [3.05, 3.63) is 87.9 Å². The maximum absolute atomic E-state index is 6.55. The van der Waals surface area contributed by atoms with E-state index in [-0.39, 0.29) is 0 Å². The number of hydrogen-bond acceptors (Lipinski definition) is 4. The van der Waals surface area contributed by atoms with Gasteiger partial charge < -0.3 is 19.7 Å². The van der Waals surface area contributed by atoms with E-state index >= 15 is 0 Å². The van der Waals surface area contributed by atoms with Crippen LogP contribution < -0.4 is 15.0 Å². The van der Waals surface area contributed by atoms with Gasteiger partial charge in [-0.3, -0.25) is 0 Å². The molecule has 1 N–H and O–H groups in total. The molecule has 1 aliphatic rings. The van der Waals surface area contributed by atoms with E-state index in [0.717, 1.165) is 59.6 Å². The molecular formula is C24H24Cl2N2O2. The smallest absolute Gasteiger partial charge is 0.124 e. The monoisotopic (exact) mass is 442 g/mol. The Kier molecular flexibility index (Phi) is 7.00. The molecule has 4 nitrogen and oxygen atoms in total. The summed E-state index contributed by atoms with van der Waals surface area (Å²) in [5.74, 6) is 0.812. The zero-order valence-electron chi connectivity index (χ0n) is 16.6. The van der Waals surface area contributed by atoms with Gasteiger partial charge in [-0.05, 0) is 42.0 Å². The highest BCUT2D eigenvalue weighted by Crippen LogP contribution is 2.30. The quantitative estimate of drug-likeness (QED) is 0.484. The number of ether oxygens (including phenoxy) is 2. The summed E-state index contributed by atoms with van der Waals surface area (Å²) in [6.45, 7) is 4.27. The molecule has 30 heavy (non-hydrogen) atoms. The first-order valence-electron chi connectivity index (χ1n) is 10.0. The van der Waals surface area contributed by atoms with Crippen molar-refractivity contribution < 1.29 is 9.47 Å². The summed E-state index contributed by atoms with van der Waals surface area (Å²) < 4.78 is 11.5. The van der Waals surface area contributed by atoms with Crippen LogP contribution in [0.3, 0.4) is 0 Å². The first-order chi connectivity index (χ1) is 14.7. The van der Waals surface area contributed by atoms with Crippen LogP contribution in [-0.4, -0.2) is 26.3 Å². The van der Waals surface area contributed by atoms with Gasteiger partial charge in [0.05, 0.1) is 23.9 Å². The van der Waals surface area contributed by atoms with Gasteiger partial charge in [-0.1, -0.05) is 53.5 Å². The van der Waals surface area contributed by atoms with Gasteiger partial charge in [0.1, 0.15) is 12.4 Å². The molecule has 4 rings (SSSR count). The summed E-state index contributed by atoms with van der Waals surface area (Å²) in [7, 11) is 0. The summed E-state index contributed by atoms with van der Waals surface area (Å²) >= 11 is 12.8. The summed E-state index contributed by atoms with van der Waals surface area (Å²) in [6, 6.07) is 21.9. The molecule has 0 amide bonds. The molecule has 1 aliphatic heterocycles. The van der Waals surface area contributed by atoms with Gasteiger partial charge in [0.15, 0.2) is 0 Å². The topological polar surface area (TPSA) is 33.7 Å². The Labute approximate surface area is 187 Å². The molecule has 0 unspecified atom stereocenters. The second kappa shape index (κ2) is 10.1. The van der Waals surface area contributed by atoms with Crippen LogP contribution in [0, 0.1) is 0 Å². The third-order valence-corrected chi connectivity index (χ3v) is 5.58. The third kappa shape index (κ3) is 5.39. The van der Waals surface area contributed by atoms with Crippen LogP contribution in [0.15, 0.2) is 66.7 Å². The zero-order chi connectivity index (χ0) is 20.8. The summed E-state index contributed by atoms with van der Waals surface area (Å²) in [5, 5.41) is 4.84. The largest absolute Gasteiger partial charge is 0.489 e. The van der Waals surface area contributed by atoms with Crippen LogP contribution in [0.4, 0.5) is 11.4 Å². The highest BCUT2D eigenvalue weighted by Gasteiger charge is 2.14. The van der Waals surface area contributed by atoms with Gasteiger partial charge in [0, 0.05) is 35.9 Å². The first kappa shape index (κ1) is 20.9. The van der Waals surface area contributed by atoms with E-state index in [9.17, 15) is 0 Å².